The molecule has 0 unspecified atom stereocenters. The van der Waals surface area contributed by atoms with Gasteiger partial charge in [-0.25, -0.2) is 20.2 Å². The summed E-state index contributed by atoms with van der Waals surface area (Å²) in [5.41, 5.74) is 15.2. The number of aliphatic carboxylic acids is 2. The Bertz CT molecular complexity index is 1360. The van der Waals surface area contributed by atoms with Gasteiger partial charge in [-0.05, 0) is 30.7 Å². The number of H-pyrrole nitrogens is 1. The minimum atomic E-state index is -1.34. The van der Waals surface area contributed by atoms with Crippen LogP contribution in [0.25, 0.3) is 11.2 Å². The van der Waals surface area contributed by atoms with Crippen LogP contribution in [0.2, 0.25) is 0 Å². The molecule has 1 atom stereocenters. The Morgan fingerprint density at radius 1 is 1.08 bits per heavy atom. The molecule has 2 heterocycles. The number of aromatic amines is 1. The number of aromatic nitrogens is 4. The van der Waals surface area contributed by atoms with Crippen LogP contribution in [0.3, 0.4) is 0 Å². The molecule has 3 rings (SSSR count). The second-order valence-electron chi connectivity index (χ2n) is 8.36. The molecule has 0 aliphatic heterocycles. The minimum absolute atomic E-state index is 0.0363. The largest absolute Gasteiger partial charge is 0.481 e. The number of hydrazine groups is 1. The number of benzene rings is 1. The van der Waals surface area contributed by atoms with Crippen molar-refractivity contribution in [3.63, 3.8) is 0 Å². The lowest BCUT2D eigenvalue weighted by Crippen LogP contribution is -2.42. The van der Waals surface area contributed by atoms with Crippen LogP contribution in [-0.2, 0) is 16.1 Å². The molecule has 16 nitrogen and oxygen atoms in total. The van der Waals surface area contributed by atoms with E-state index in [0.29, 0.717) is 37.6 Å². The smallest absolute Gasteiger partial charge is 0.326 e. The van der Waals surface area contributed by atoms with Gasteiger partial charge in [0.2, 0.25) is 5.95 Å². The average molecular weight is 543 g/mol. The van der Waals surface area contributed by atoms with E-state index in [1.165, 1.54) is 18.3 Å². The summed E-state index contributed by atoms with van der Waals surface area (Å²) in [6, 6.07) is 4.96. The minimum Gasteiger partial charge on any atom is -0.481 e. The SMILES string of the molecule is NCCNCCNN(Cc1cnc2nc(N)[nH]c(=O)c2n1)c1ccc(C(=O)N[C@@H](CCC(=O)O)C(=O)O)cc1. The molecule has 3 aromatic rings. The zero-order valence-corrected chi connectivity index (χ0v) is 20.9. The van der Waals surface area contributed by atoms with Crippen molar-refractivity contribution in [2.45, 2.75) is 25.4 Å². The fourth-order valence-electron chi connectivity index (χ4n) is 3.51. The number of nitrogen functional groups attached to an aromatic ring is 1. The molecule has 0 aliphatic carbocycles. The molecule has 16 heteroatoms. The Kier molecular flexibility index (Phi) is 10.2. The van der Waals surface area contributed by atoms with E-state index in [2.05, 4.69) is 36.0 Å². The molecule has 0 saturated heterocycles. The first-order valence-corrected chi connectivity index (χ1v) is 12.0. The molecule has 39 heavy (non-hydrogen) atoms. The van der Waals surface area contributed by atoms with Gasteiger partial charge in [0, 0.05) is 38.2 Å². The summed E-state index contributed by atoms with van der Waals surface area (Å²) in [5, 5.41) is 25.4. The third-order valence-electron chi connectivity index (χ3n) is 5.42. The van der Waals surface area contributed by atoms with Crippen LogP contribution >= 0.6 is 0 Å². The summed E-state index contributed by atoms with van der Waals surface area (Å²) in [6.45, 7) is 2.43. The quantitative estimate of drug-likeness (QED) is 0.0795. The van der Waals surface area contributed by atoms with Gasteiger partial charge in [0.25, 0.3) is 11.5 Å². The molecule has 2 aromatic heterocycles. The first-order valence-electron chi connectivity index (χ1n) is 12.0. The number of anilines is 2. The van der Waals surface area contributed by atoms with Crippen molar-refractivity contribution in [1.29, 1.82) is 0 Å². The van der Waals surface area contributed by atoms with Gasteiger partial charge in [-0.3, -0.25) is 19.4 Å². The highest BCUT2D eigenvalue weighted by Gasteiger charge is 2.22. The predicted octanol–water partition coefficient (Wildman–Crippen LogP) is -1.60. The van der Waals surface area contributed by atoms with Crippen molar-refractivity contribution in [2.75, 3.05) is 36.9 Å². The molecular formula is C23H30N10O6. The molecule has 0 spiro atoms. The van der Waals surface area contributed by atoms with Crippen LogP contribution in [0, 0.1) is 0 Å². The van der Waals surface area contributed by atoms with Gasteiger partial charge in [0.15, 0.2) is 11.2 Å². The number of nitrogens with zero attached hydrogens (tertiary/aromatic N) is 4. The maximum atomic E-state index is 12.6. The number of hydrogen-bond donors (Lipinski definition) is 8. The number of nitrogens with two attached hydrogens (primary N) is 2. The number of carboxylic acid groups (broad SMARTS) is 2. The zero-order chi connectivity index (χ0) is 28.4. The van der Waals surface area contributed by atoms with Crippen LogP contribution in [0.15, 0.2) is 35.3 Å². The summed E-state index contributed by atoms with van der Waals surface area (Å²) in [7, 11) is 0. The van der Waals surface area contributed by atoms with E-state index < -0.39 is 35.9 Å². The number of amides is 1. The molecule has 0 radical (unpaired) electrons. The molecule has 208 valence electrons. The molecule has 0 fully saturated rings. The highest BCUT2D eigenvalue weighted by molar-refractivity contribution is 5.97. The Hall–Kier alpha value is -4.67. The Balaban J connectivity index is 1.78. The number of nitrogens with one attached hydrogen (secondary N) is 4. The maximum Gasteiger partial charge on any atom is 0.326 e. The summed E-state index contributed by atoms with van der Waals surface area (Å²) >= 11 is 0. The molecular weight excluding hydrogens is 512 g/mol. The van der Waals surface area contributed by atoms with Gasteiger partial charge in [-0.2, -0.15) is 4.98 Å². The second kappa shape index (κ2) is 13.8. The number of fused-ring (bicyclic) bond motifs is 1. The molecule has 1 amide bonds. The van der Waals surface area contributed by atoms with Crippen LogP contribution in [0.1, 0.15) is 28.9 Å². The highest BCUT2D eigenvalue weighted by Crippen LogP contribution is 2.17. The van der Waals surface area contributed by atoms with Crippen molar-refractivity contribution >= 4 is 40.6 Å². The van der Waals surface area contributed by atoms with Crippen molar-refractivity contribution in [3.05, 3.63) is 52.1 Å². The number of rotatable bonds is 15. The fraction of sp³-hybridized carbons (Fsp3) is 0.348. The maximum absolute atomic E-state index is 12.6. The van der Waals surface area contributed by atoms with Gasteiger partial charge in [-0.1, -0.05) is 0 Å². The predicted molar refractivity (Wildman–Crippen MR) is 141 cm³/mol. The summed E-state index contributed by atoms with van der Waals surface area (Å²) < 4.78 is 0. The molecule has 0 aliphatic rings. The monoisotopic (exact) mass is 542 g/mol. The molecule has 0 bridgehead atoms. The topological polar surface area (TPSA) is 255 Å². The number of carbonyl (C=O) groups is 3. The number of carbonyl (C=O) groups excluding carboxylic acids is 1. The van der Waals surface area contributed by atoms with Crippen LogP contribution in [-0.4, -0.2) is 80.2 Å². The lowest BCUT2D eigenvalue weighted by molar-refractivity contribution is -0.140. The van der Waals surface area contributed by atoms with E-state index in [0.717, 1.165) is 0 Å². The summed E-state index contributed by atoms with van der Waals surface area (Å²) in [6.07, 6.45) is 0.826. The number of hydrogen-bond acceptors (Lipinski definition) is 12. The van der Waals surface area contributed by atoms with Gasteiger partial charge in [0.1, 0.15) is 6.04 Å². The summed E-state index contributed by atoms with van der Waals surface area (Å²) in [5.74, 6) is -3.21. The Morgan fingerprint density at radius 3 is 2.49 bits per heavy atom. The van der Waals surface area contributed by atoms with Crippen LogP contribution in [0.5, 0.6) is 0 Å². The molecule has 10 N–H and O–H groups in total. The standard InChI is InChI=1S/C23H30N10O6/c24-7-8-26-9-10-28-33(12-14-11-27-19-18(29-14)21(37)32-23(25)31-19)15-3-1-13(2-4-15)20(36)30-16(22(38)39)5-6-17(34)35/h1-4,11,16,26,28H,5-10,12,24H2,(H,30,36)(H,34,35)(H,38,39)(H3,25,27,31,32,37)/t16-/m0/s1. The van der Waals surface area contributed by atoms with E-state index in [9.17, 15) is 24.3 Å². The lowest BCUT2D eigenvalue weighted by atomic mass is 10.1. The number of carboxylic acids is 2. The normalized spacial score (nSPS) is 11.7. The van der Waals surface area contributed by atoms with Gasteiger partial charge in [-0.15, -0.1) is 0 Å². The Labute approximate surface area is 221 Å². The van der Waals surface area contributed by atoms with E-state index in [4.69, 9.17) is 16.6 Å². The first-order chi connectivity index (χ1) is 18.7. The Morgan fingerprint density at radius 2 is 1.82 bits per heavy atom. The van der Waals surface area contributed by atoms with E-state index in [1.54, 1.807) is 17.1 Å². The fourth-order valence-corrected chi connectivity index (χ4v) is 3.51. The lowest BCUT2D eigenvalue weighted by Gasteiger charge is -2.26. The average Bonchev–Trinajstić information content (AvgIpc) is 2.90. The van der Waals surface area contributed by atoms with Gasteiger partial charge >= 0.3 is 11.9 Å². The second-order valence-corrected chi connectivity index (χ2v) is 8.36. The molecule has 0 saturated carbocycles. The van der Waals surface area contributed by atoms with Crippen molar-refractivity contribution < 1.29 is 24.6 Å². The highest BCUT2D eigenvalue weighted by atomic mass is 16.4. The third kappa shape index (κ3) is 8.42. The molecule has 1 aromatic carbocycles. The van der Waals surface area contributed by atoms with Crippen molar-refractivity contribution in [2.24, 2.45) is 5.73 Å². The van der Waals surface area contributed by atoms with Gasteiger partial charge in [0.05, 0.1) is 24.1 Å². The van der Waals surface area contributed by atoms with Gasteiger partial charge < -0.3 is 37.3 Å². The van der Waals surface area contributed by atoms with E-state index in [-0.39, 0.29) is 35.6 Å². The van der Waals surface area contributed by atoms with Crippen LogP contribution in [0.4, 0.5) is 11.6 Å². The van der Waals surface area contributed by atoms with E-state index >= 15 is 0 Å². The zero-order valence-electron chi connectivity index (χ0n) is 20.9. The summed E-state index contributed by atoms with van der Waals surface area (Å²) in [4.78, 5) is 61.9. The van der Waals surface area contributed by atoms with E-state index in [1.807, 2.05) is 0 Å². The third-order valence-corrected chi connectivity index (χ3v) is 5.42. The van der Waals surface area contributed by atoms with Crippen LogP contribution < -0.4 is 38.1 Å². The van der Waals surface area contributed by atoms with Crippen molar-refractivity contribution in [1.82, 2.24) is 36.0 Å². The first kappa shape index (κ1) is 28.9. The van der Waals surface area contributed by atoms with Crippen molar-refractivity contribution in [3.8, 4) is 0 Å².